The first-order chi connectivity index (χ1) is 8.61. The smallest absolute Gasteiger partial charge is 0.289 e. The highest BCUT2D eigenvalue weighted by Gasteiger charge is 2.29. The molecule has 0 aliphatic carbocycles. The van der Waals surface area contributed by atoms with Crippen molar-refractivity contribution < 1.29 is 18.7 Å². The molecule has 0 aromatic carbocycles. The van der Waals surface area contributed by atoms with Crippen LogP contribution in [-0.2, 0) is 16.1 Å². The van der Waals surface area contributed by atoms with E-state index in [0.29, 0.717) is 31.3 Å². The first kappa shape index (κ1) is 13.1. The molecule has 1 fully saturated rings. The highest BCUT2D eigenvalue weighted by molar-refractivity contribution is 5.91. The van der Waals surface area contributed by atoms with Gasteiger partial charge >= 0.3 is 0 Å². The van der Waals surface area contributed by atoms with Crippen LogP contribution in [0.15, 0.2) is 16.5 Å². The summed E-state index contributed by atoms with van der Waals surface area (Å²) in [6, 6.07) is 3.54. The van der Waals surface area contributed by atoms with E-state index in [-0.39, 0.29) is 18.1 Å². The second-order valence-corrected chi connectivity index (χ2v) is 4.65. The van der Waals surface area contributed by atoms with E-state index in [1.807, 2.05) is 13.8 Å². The summed E-state index contributed by atoms with van der Waals surface area (Å²) in [7, 11) is 1.59. The number of morpholine rings is 1. The van der Waals surface area contributed by atoms with Gasteiger partial charge in [0.1, 0.15) is 12.4 Å². The van der Waals surface area contributed by atoms with Crippen LogP contribution in [0.3, 0.4) is 0 Å². The fourth-order valence-corrected chi connectivity index (χ4v) is 2.04. The molecule has 0 N–H and O–H groups in total. The van der Waals surface area contributed by atoms with Crippen LogP contribution >= 0.6 is 0 Å². The molecule has 1 aromatic heterocycles. The summed E-state index contributed by atoms with van der Waals surface area (Å²) < 4.78 is 15.9. The van der Waals surface area contributed by atoms with Crippen LogP contribution in [0, 0.1) is 0 Å². The van der Waals surface area contributed by atoms with Crippen LogP contribution in [0.25, 0.3) is 0 Å². The molecule has 18 heavy (non-hydrogen) atoms. The lowest BCUT2D eigenvalue weighted by Crippen LogP contribution is -2.50. The Bertz CT molecular complexity index is 415. The minimum Gasteiger partial charge on any atom is -0.453 e. The molecule has 0 bridgehead atoms. The van der Waals surface area contributed by atoms with E-state index in [1.54, 1.807) is 24.1 Å². The third-order valence-corrected chi connectivity index (χ3v) is 3.03. The predicted molar refractivity (Wildman–Crippen MR) is 65.3 cm³/mol. The Morgan fingerprint density at radius 3 is 3.00 bits per heavy atom. The molecule has 5 heteroatoms. The maximum Gasteiger partial charge on any atom is 0.289 e. The summed E-state index contributed by atoms with van der Waals surface area (Å²) >= 11 is 0. The van der Waals surface area contributed by atoms with Gasteiger partial charge in [0.05, 0.1) is 18.8 Å². The molecule has 2 unspecified atom stereocenters. The van der Waals surface area contributed by atoms with Crippen LogP contribution in [0.5, 0.6) is 0 Å². The zero-order valence-electron chi connectivity index (χ0n) is 11.0. The zero-order valence-corrected chi connectivity index (χ0v) is 11.0. The zero-order chi connectivity index (χ0) is 13.1. The third-order valence-electron chi connectivity index (χ3n) is 3.03. The SMILES string of the molecule is COCc1ccc(C(=O)N2CC(C)OCC2C)o1. The van der Waals surface area contributed by atoms with Gasteiger partial charge in [-0.2, -0.15) is 0 Å². The molecule has 100 valence electrons. The second kappa shape index (κ2) is 5.54. The van der Waals surface area contributed by atoms with Gasteiger partial charge in [-0.25, -0.2) is 0 Å². The van der Waals surface area contributed by atoms with Crippen LogP contribution in [0.2, 0.25) is 0 Å². The first-order valence-electron chi connectivity index (χ1n) is 6.12. The number of carbonyl (C=O) groups is 1. The number of carbonyl (C=O) groups excluding carboxylic acids is 1. The number of hydrogen-bond donors (Lipinski definition) is 0. The highest BCUT2D eigenvalue weighted by Crippen LogP contribution is 2.17. The van der Waals surface area contributed by atoms with Crippen molar-refractivity contribution in [3.05, 3.63) is 23.7 Å². The van der Waals surface area contributed by atoms with Gasteiger partial charge in [-0.15, -0.1) is 0 Å². The lowest BCUT2D eigenvalue weighted by molar-refractivity contribution is -0.0397. The van der Waals surface area contributed by atoms with E-state index in [2.05, 4.69) is 0 Å². The lowest BCUT2D eigenvalue weighted by atomic mass is 10.2. The van der Waals surface area contributed by atoms with Crippen molar-refractivity contribution >= 4 is 5.91 Å². The van der Waals surface area contributed by atoms with Gasteiger partial charge in [0.15, 0.2) is 5.76 Å². The molecular formula is C13H19NO4. The molecule has 1 saturated heterocycles. The molecule has 2 heterocycles. The fourth-order valence-electron chi connectivity index (χ4n) is 2.04. The molecule has 1 aliphatic rings. The largest absolute Gasteiger partial charge is 0.453 e. The molecule has 2 atom stereocenters. The van der Waals surface area contributed by atoms with Gasteiger partial charge in [-0.3, -0.25) is 4.79 Å². The molecule has 1 amide bonds. The third kappa shape index (κ3) is 2.73. The molecule has 0 spiro atoms. The Hall–Kier alpha value is -1.33. The summed E-state index contributed by atoms with van der Waals surface area (Å²) in [5.74, 6) is 0.942. The minimum absolute atomic E-state index is 0.0681. The molecule has 1 aliphatic heterocycles. The molecule has 5 nitrogen and oxygen atoms in total. The van der Waals surface area contributed by atoms with Crippen molar-refractivity contribution in [1.82, 2.24) is 4.90 Å². The van der Waals surface area contributed by atoms with Crippen molar-refractivity contribution in [2.24, 2.45) is 0 Å². The minimum atomic E-state index is -0.0833. The van der Waals surface area contributed by atoms with Gasteiger partial charge in [-0.1, -0.05) is 0 Å². The monoisotopic (exact) mass is 253 g/mol. The van der Waals surface area contributed by atoms with E-state index >= 15 is 0 Å². The fraction of sp³-hybridized carbons (Fsp3) is 0.615. The van der Waals surface area contributed by atoms with Gasteiger partial charge < -0.3 is 18.8 Å². The van der Waals surface area contributed by atoms with E-state index in [9.17, 15) is 4.79 Å². The summed E-state index contributed by atoms with van der Waals surface area (Å²) in [6.45, 7) is 5.48. The van der Waals surface area contributed by atoms with Gasteiger partial charge in [0, 0.05) is 13.7 Å². The number of methoxy groups -OCH3 is 1. The molecule has 1 aromatic rings. The van der Waals surface area contributed by atoms with Gasteiger partial charge in [-0.05, 0) is 26.0 Å². The van der Waals surface area contributed by atoms with Crippen LogP contribution in [0.1, 0.15) is 30.2 Å². The summed E-state index contributed by atoms with van der Waals surface area (Å²) in [4.78, 5) is 14.1. The average Bonchev–Trinajstić information content (AvgIpc) is 2.80. The second-order valence-electron chi connectivity index (χ2n) is 4.65. The molecular weight excluding hydrogens is 234 g/mol. The van der Waals surface area contributed by atoms with E-state index in [1.165, 1.54) is 0 Å². The van der Waals surface area contributed by atoms with Crippen molar-refractivity contribution in [2.45, 2.75) is 32.6 Å². The first-order valence-corrected chi connectivity index (χ1v) is 6.12. The topological polar surface area (TPSA) is 51.9 Å². The average molecular weight is 253 g/mol. The van der Waals surface area contributed by atoms with Crippen molar-refractivity contribution in [3.63, 3.8) is 0 Å². The number of hydrogen-bond acceptors (Lipinski definition) is 4. The number of furan rings is 1. The number of rotatable bonds is 3. The molecule has 0 radical (unpaired) electrons. The lowest BCUT2D eigenvalue weighted by Gasteiger charge is -2.36. The maximum absolute atomic E-state index is 12.3. The van der Waals surface area contributed by atoms with Crippen molar-refractivity contribution in [2.75, 3.05) is 20.3 Å². The Kier molecular flexibility index (Phi) is 4.04. The van der Waals surface area contributed by atoms with Gasteiger partial charge in [0.2, 0.25) is 0 Å². The van der Waals surface area contributed by atoms with Crippen LogP contribution in [0.4, 0.5) is 0 Å². The quantitative estimate of drug-likeness (QED) is 0.822. The van der Waals surface area contributed by atoms with E-state index in [0.717, 1.165) is 0 Å². The van der Waals surface area contributed by atoms with E-state index < -0.39 is 0 Å². The van der Waals surface area contributed by atoms with Gasteiger partial charge in [0.25, 0.3) is 5.91 Å². The number of amides is 1. The Morgan fingerprint density at radius 1 is 1.50 bits per heavy atom. The van der Waals surface area contributed by atoms with E-state index in [4.69, 9.17) is 13.9 Å². The summed E-state index contributed by atoms with van der Waals surface area (Å²) in [5.41, 5.74) is 0. The van der Waals surface area contributed by atoms with Crippen LogP contribution < -0.4 is 0 Å². The summed E-state index contributed by atoms with van der Waals surface area (Å²) in [6.07, 6.45) is 0.0681. The summed E-state index contributed by atoms with van der Waals surface area (Å²) in [5, 5.41) is 0. The standard InChI is InChI=1S/C13H19NO4/c1-9-7-17-10(2)6-14(9)13(15)12-5-4-11(18-12)8-16-3/h4-5,9-10H,6-8H2,1-3H3. The molecule has 0 saturated carbocycles. The van der Waals surface area contributed by atoms with Crippen molar-refractivity contribution in [1.29, 1.82) is 0 Å². The Labute approximate surface area is 107 Å². The normalized spacial score (nSPS) is 24.3. The Morgan fingerprint density at radius 2 is 2.28 bits per heavy atom. The predicted octanol–water partition coefficient (Wildman–Crippen LogP) is 1.68. The van der Waals surface area contributed by atoms with Crippen LogP contribution in [-0.4, -0.2) is 43.2 Å². The highest BCUT2D eigenvalue weighted by atomic mass is 16.5. The van der Waals surface area contributed by atoms with Crippen molar-refractivity contribution in [3.8, 4) is 0 Å². The Balaban J connectivity index is 2.09. The maximum atomic E-state index is 12.3. The number of nitrogens with zero attached hydrogens (tertiary/aromatic N) is 1. The molecule has 2 rings (SSSR count). The number of ether oxygens (including phenoxy) is 2.